The minimum Gasteiger partial charge on any atom is -0.382 e. The maximum absolute atomic E-state index is 12.8. The number of para-hydroxylation sites is 1. The fraction of sp³-hybridized carbons (Fsp3) is 0.556. The summed E-state index contributed by atoms with van der Waals surface area (Å²) in [4.78, 5) is 26.2. The van der Waals surface area contributed by atoms with E-state index < -0.39 is 27.4 Å². The van der Waals surface area contributed by atoms with Crippen molar-refractivity contribution in [2.45, 2.75) is 50.5 Å². The molecule has 1 heterocycles. The summed E-state index contributed by atoms with van der Waals surface area (Å²) in [5.41, 5.74) is -0.860. The average Bonchev–Trinajstić information content (AvgIpc) is 2.81. The normalized spacial score (nSPS) is 20.5. The summed E-state index contributed by atoms with van der Waals surface area (Å²) in [5.74, 6) is -0.530. The molecule has 3 rings (SSSR count). The molecule has 0 bridgehead atoms. The van der Waals surface area contributed by atoms with Crippen LogP contribution < -0.4 is 9.50 Å². The van der Waals surface area contributed by atoms with E-state index in [0.29, 0.717) is 12.8 Å². The van der Waals surface area contributed by atoms with Crippen LogP contribution in [0.4, 0.5) is 4.79 Å². The molecular formula is C18H24N2O5S. The first-order chi connectivity index (χ1) is 12.4. The fourth-order valence-electron chi connectivity index (χ4n) is 3.59. The van der Waals surface area contributed by atoms with E-state index >= 15 is 0 Å². The minimum absolute atomic E-state index is 0.207. The van der Waals surface area contributed by atoms with Gasteiger partial charge in [0.15, 0.2) is 0 Å². The van der Waals surface area contributed by atoms with Crippen LogP contribution in [0.3, 0.4) is 0 Å². The van der Waals surface area contributed by atoms with Crippen LogP contribution in [0.15, 0.2) is 30.3 Å². The molecule has 1 aliphatic heterocycles. The molecule has 3 amide bonds. The molecule has 0 aromatic heterocycles. The first-order valence-corrected chi connectivity index (χ1v) is 10.6. The van der Waals surface area contributed by atoms with Crippen LogP contribution in [0.25, 0.3) is 0 Å². The molecule has 1 spiro atoms. The van der Waals surface area contributed by atoms with E-state index in [9.17, 15) is 18.0 Å². The number of urea groups is 1. The molecule has 142 valence electrons. The van der Waals surface area contributed by atoms with Gasteiger partial charge in [0.2, 0.25) is 0 Å². The van der Waals surface area contributed by atoms with Crippen LogP contribution in [-0.2, 0) is 14.9 Å². The number of hydrogen-bond donors (Lipinski definition) is 1. The molecule has 1 aliphatic carbocycles. The highest BCUT2D eigenvalue weighted by molar-refractivity contribution is 7.87. The number of imide groups is 1. The van der Waals surface area contributed by atoms with Gasteiger partial charge in [-0.2, -0.15) is 8.42 Å². The number of nitrogens with zero attached hydrogens (tertiary/aromatic N) is 1. The second-order valence-corrected chi connectivity index (χ2v) is 8.59. The molecule has 0 atom stereocenters. The van der Waals surface area contributed by atoms with Crippen LogP contribution in [0, 0.1) is 0 Å². The molecule has 1 saturated carbocycles. The Morgan fingerprint density at radius 2 is 1.62 bits per heavy atom. The summed E-state index contributed by atoms with van der Waals surface area (Å²) >= 11 is 0. The molecule has 1 saturated heterocycles. The van der Waals surface area contributed by atoms with Gasteiger partial charge in [-0.25, -0.2) is 4.79 Å². The summed E-state index contributed by atoms with van der Waals surface area (Å²) in [6.45, 7) is -0.207. The Bertz CT molecular complexity index is 755. The summed E-state index contributed by atoms with van der Waals surface area (Å²) in [5, 5.41) is 2.82. The highest BCUT2D eigenvalue weighted by atomic mass is 32.2. The summed E-state index contributed by atoms with van der Waals surface area (Å²) in [6, 6.07) is 7.65. The first kappa shape index (κ1) is 18.7. The molecule has 2 fully saturated rings. The third-order valence-corrected chi connectivity index (χ3v) is 6.11. The number of rotatable bonds is 5. The Kier molecular flexibility index (Phi) is 5.50. The van der Waals surface area contributed by atoms with E-state index in [4.69, 9.17) is 4.18 Å². The van der Waals surface area contributed by atoms with Crippen LogP contribution in [-0.4, -0.2) is 43.1 Å². The lowest BCUT2D eigenvalue weighted by Crippen LogP contribution is -2.47. The molecule has 1 N–H and O–H groups in total. The van der Waals surface area contributed by atoms with Crippen LogP contribution in [0.2, 0.25) is 0 Å². The van der Waals surface area contributed by atoms with Crippen molar-refractivity contribution in [2.75, 3.05) is 12.3 Å². The van der Waals surface area contributed by atoms with Gasteiger partial charge >= 0.3 is 16.1 Å². The van der Waals surface area contributed by atoms with Crippen LogP contribution >= 0.6 is 0 Å². The topological polar surface area (TPSA) is 92.8 Å². The van der Waals surface area contributed by atoms with Gasteiger partial charge in [0.05, 0.1) is 0 Å². The monoisotopic (exact) mass is 380 g/mol. The van der Waals surface area contributed by atoms with Gasteiger partial charge in [-0.15, -0.1) is 0 Å². The van der Waals surface area contributed by atoms with Crippen molar-refractivity contribution < 1.29 is 22.2 Å². The Hall–Kier alpha value is -2.09. The van der Waals surface area contributed by atoms with E-state index in [1.54, 1.807) is 18.2 Å². The van der Waals surface area contributed by atoms with E-state index in [-0.39, 0.29) is 18.2 Å². The third kappa shape index (κ3) is 4.17. The van der Waals surface area contributed by atoms with E-state index in [1.807, 2.05) is 0 Å². The Morgan fingerprint density at radius 3 is 2.27 bits per heavy atom. The van der Waals surface area contributed by atoms with Crippen LogP contribution in [0.5, 0.6) is 5.75 Å². The van der Waals surface area contributed by atoms with Crippen LogP contribution in [0.1, 0.15) is 44.9 Å². The second-order valence-electron chi connectivity index (χ2n) is 6.90. The van der Waals surface area contributed by atoms with Crippen molar-refractivity contribution in [2.24, 2.45) is 0 Å². The highest BCUT2D eigenvalue weighted by Crippen LogP contribution is 2.32. The molecule has 26 heavy (non-hydrogen) atoms. The number of carbonyl (C=O) groups excluding carboxylic acids is 2. The molecule has 7 nitrogen and oxygen atoms in total. The van der Waals surface area contributed by atoms with Gasteiger partial charge < -0.3 is 9.50 Å². The lowest BCUT2D eigenvalue weighted by atomic mass is 9.84. The molecule has 8 heteroatoms. The van der Waals surface area contributed by atoms with Gasteiger partial charge in [-0.3, -0.25) is 9.69 Å². The minimum atomic E-state index is -3.90. The van der Waals surface area contributed by atoms with E-state index in [0.717, 1.165) is 37.0 Å². The lowest BCUT2D eigenvalue weighted by molar-refractivity contribution is -0.131. The Morgan fingerprint density at radius 1 is 1.00 bits per heavy atom. The van der Waals surface area contributed by atoms with Gasteiger partial charge in [-0.1, -0.05) is 50.3 Å². The highest BCUT2D eigenvalue weighted by Gasteiger charge is 2.50. The Labute approximate surface area is 153 Å². The zero-order valence-electron chi connectivity index (χ0n) is 14.6. The van der Waals surface area contributed by atoms with Crippen molar-refractivity contribution in [3.8, 4) is 5.75 Å². The van der Waals surface area contributed by atoms with Gasteiger partial charge in [0.1, 0.15) is 17.0 Å². The summed E-state index contributed by atoms with van der Waals surface area (Å²) in [6.07, 6.45) is 6.23. The molecular weight excluding hydrogens is 356 g/mol. The molecule has 0 unspecified atom stereocenters. The summed E-state index contributed by atoms with van der Waals surface area (Å²) < 4.78 is 29.3. The number of nitrogens with one attached hydrogen (secondary N) is 1. The maximum atomic E-state index is 12.8. The van der Waals surface area contributed by atoms with Crippen molar-refractivity contribution in [3.05, 3.63) is 30.3 Å². The molecule has 1 aromatic carbocycles. The van der Waals surface area contributed by atoms with Crippen molar-refractivity contribution >= 4 is 22.1 Å². The molecule has 1 aromatic rings. The van der Waals surface area contributed by atoms with Gasteiger partial charge in [-0.05, 0) is 25.0 Å². The zero-order chi connectivity index (χ0) is 18.6. The smallest absolute Gasteiger partial charge is 0.325 e. The van der Waals surface area contributed by atoms with Gasteiger partial charge in [0, 0.05) is 6.54 Å². The largest absolute Gasteiger partial charge is 0.382 e. The molecule has 0 radical (unpaired) electrons. The second kappa shape index (κ2) is 7.65. The predicted octanol–water partition coefficient (Wildman–Crippen LogP) is 2.43. The van der Waals surface area contributed by atoms with E-state index in [1.165, 1.54) is 12.1 Å². The SMILES string of the molecule is O=C1NC2(CCCCCCC2)C(=O)N1CCS(=O)(=O)Oc1ccccc1. The summed E-state index contributed by atoms with van der Waals surface area (Å²) in [7, 11) is -3.90. The van der Waals surface area contributed by atoms with Crippen molar-refractivity contribution in [1.29, 1.82) is 0 Å². The zero-order valence-corrected chi connectivity index (χ0v) is 15.5. The lowest BCUT2D eigenvalue weighted by Gasteiger charge is -2.28. The third-order valence-electron chi connectivity index (χ3n) is 4.98. The quantitative estimate of drug-likeness (QED) is 0.626. The molecule has 2 aliphatic rings. The number of benzene rings is 1. The van der Waals surface area contributed by atoms with E-state index in [2.05, 4.69) is 5.32 Å². The van der Waals surface area contributed by atoms with Crippen molar-refractivity contribution in [1.82, 2.24) is 10.2 Å². The first-order valence-electron chi connectivity index (χ1n) is 9.03. The number of carbonyl (C=O) groups is 2. The Balaban J connectivity index is 1.64. The van der Waals surface area contributed by atoms with Gasteiger partial charge in [0.25, 0.3) is 5.91 Å². The predicted molar refractivity (Wildman–Crippen MR) is 96.2 cm³/mol. The van der Waals surface area contributed by atoms with Crippen molar-refractivity contribution in [3.63, 3.8) is 0 Å². The maximum Gasteiger partial charge on any atom is 0.325 e. The standard InChI is InChI=1S/C18H24N2O5S/c21-16-18(11-7-2-1-3-8-12-18)19-17(22)20(16)13-14-26(23,24)25-15-9-5-4-6-10-15/h4-6,9-10H,1-3,7-8,11-14H2,(H,19,22). The fourth-order valence-corrected chi connectivity index (χ4v) is 4.49. The number of amides is 3. The number of hydrogen-bond acceptors (Lipinski definition) is 5. The average molecular weight is 380 g/mol.